The van der Waals surface area contributed by atoms with Crippen LogP contribution in [0.25, 0.3) is 0 Å². The summed E-state index contributed by atoms with van der Waals surface area (Å²) >= 11 is 0. The zero-order valence-electron chi connectivity index (χ0n) is 11.8. The van der Waals surface area contributed by atoms with Crippen molar-refractivity contribution < 1.29 is 14.6 Å². The molecule has 5 nitrogen and oxygen atoms in total. The van der Waals surface area contributed by atoms with Gasteiger partial charge < -0.3 is 15.6 Å². The Morgan fingerprint density at radius 2 is 2.15 bits per heavy atom. The predicted molar refractivity (Wildman–Crippen MR) is 74.6 cm³/mol. The lowest BCUT2D eigenvalue weighted by Crippen LogP contribution is -2.29. The minimum absolute atomic E-state index is 0.0141. The van der Waals surface area contributed by atoms with Crippen molar-refractivity contribution in [3.63, 3.8) is 0 Å². The van der Waals surface area contributed by atoms with Crippen molar-refractivity contribution in [1.29, 1.82) is 0 Å². The first-order valence-electron chi connectivity index (χ1n) is 7.05. The van der Waals surface area contributed by atoms with E-state index in [1.165, 1.54) is 7.11 Å². The molecular formula is C15H22N2O3. The van der Waals surface area contributed by atoms with Crippen molar-refractivity contribution in [3.8, 4) is 0 Å². The molecule has 0 bridgehead atoms. The normalized spacial score (nSPS) is 24.1. The molecule has 2 rings (SSSR count). The Hall–Kier alpha value is -1.46. The molecule has 0 amide bonds. The van der Waals surface area contributed by atoms with E-state index in [4.69, 9.17) is 15.6 Å². The maximum absolute atomic E-state index is 11.5. The number of aliphatic hydroxyl groups is 1. The standard InChI is InChI=1S/C15H22N2O3/c1-20-15(19)11-7-5-10(6-8-11)14(16)13-4-2-3-12(9-18)17-13/h2-4,10-11,14,18H,5-9,16H2,1H3/t10?,11?,14-/m1/s1. The number of esters is 1. The summed E-state index contributed by atoms with van der Waals surface area (Å²) in [4.78, 5) is 15.9. The van der Waals surface area contributed by atoms with E-state index in [9.17, 15) is 4.79 Å². The quantitative estimate of drug-likeness (QED) is 0.816. The molecule has 0 aliphatic heterocycles. The molecule has 0 radical (unpaired) electrons. The van der Waals surface area contributed by atoms with Gasteiger partial charge in [-0.25, -0.2) is 0 Å². The molecule has 1 aromatic rings. The summed E-state index contributed by atoms with van der Waals surface area (Å²) in [7, 11) is 1.43. The highest BCUT2D eigenvalue weighted by Crippen LogP contribution is 2.35. The average molecular weight is 278 g/mol. The number of methoxy groups -OCH3 is 1. The van der Waals surface area contributed by atoms with Crippen LogP contribution in [0, 0.1) is 11.8 Å². The molecule has 1 aliphatic carbocycles. The van der Waals surface area contributed by atoms with Gasteiger partial charge in [0.25, 0.3) is 0 Å². The van der Waals surface area contributed by atoms with Gasteiger partial charge in [0.2, 0.25) is 0 Å². The first-order valence-corrected chi connectivity index (χ1v) is 7.05. The molecule has 110 valence electrons. The van der Waals surface area contributed by atoms with Crippen LogP contribution in [0.15, 0.2) is 18.2 Å². The number of hydrogen-bond acceptors (Lipinski definition) is 5. The number of carbonyl (C=O) groups is 1. The van der Waals surface area contributed by atoms with Gasteiger partial charge >= 0.3 is 5.97 Å². The van der Waals surface area contributed by atoms with Crippen LogP contribution in [-0.2, 0) is 16.1 Å². The van der Waals surface area contributed by atoms with Gasteiger partial charge in [0.05, 0.1) is 31.0 Å². The minimum Gasteiger partial charge on any atom is -0.469 e. The van der Waals surface area contributed by atoms with Crippen LogP contribution >= 0.6 is 0 Å². The smallest absolute Gasteiger partial charge is 0.308 e. The van der Waals surface area contributed by atoms with Crippen LogP contribution in [0.5, 0.6) is 0 Å². The van der Waals surface area contributed by atoms with Crippen LogP contribution in [0.3, 0.4) is 0 Å². The van der Waals surface area contributed by atoms with Gasteiger partial charge in [0, 0.05) is 6.04 Å². The van der Waals surface area contributed by atoms with Gasteiger partial charge in [-0.2, -0.15) is 0 Å². The molecule has 1 aliphatic rings. The first-order chi connectivity index (χ1) is 9.65. The van der Waals surface area contributed by atoms with E-state index >= 15 is 0 Å². The molecule has 0 aromatic carbocycles. The van der Waals surface area contributed by atoms with Crippen molar-refractivity contribution in [2.75, 3.05) is 7.11 Å². The van der Waals surface area contributed by atoms with Gasteiger partial charge in [-0.15, -0.1) is 0 Å². The summed E-state index contributed by atoms with van der Waals surface area (Å²) in [5.41, 5.74) is 7.74. The number of aliphatic hydroxyl groups excluding tert-OH is 1. The molecule has 0 spiro atoms. The first kappa shape index (κ1) is 14.9. The van der Waals surface area contributed by atoms with Crippen molar-refractivity contribution in [2.45, 2.75) is 38.3 Å². The molecule has 0 unspecified atom stereocenters. The van der Waals surface area contributed by atoms with E-state index in [0.717, 1.165) is 31.4 Å². The van der Waals surface area contributed by atoms with Crippen LogP contribution in [0.2, 0.25) is 0 Å². The monoisotopic (exact) mass is 278 g/mol. The minimum atomic E-state index is -0.139. The van der Waals surface area contributed by atoms with Crippen LogP contribution in [-0.4, -0.2) is 23.2 Å². The van der Waals surface area contributed by atoms with E-state index in [0.29, 0.717) is 11.6 Å². The lowest BCUT2D eigenvalue weighted by molar-refractivity contribution is -0.146. The maximum Gasteiger partial charge on any atom is 0.308 e. The molecule has 1 heterocycles. The third-order valence-corrected chi connectivity index (χ3v) is 4.15. The zero-order valence-corrected chi connectivity index (χ0v) is 11.8. The average Bonchev–Trinajstić information content (AvgIpc) is 2.53. The molecule has 20 heavy (non-hydrogen) atoms. The number of hydrogen-bond donors (Lipinski definition) is 2. The number of pyridine rings is 1. The fraction of sp³-hybridized carbons (Fsp3) is 0.600. The summed E-state index contributed by atoms with van der Waals surface area (Å²) in [6, 6.07) is 5.41. The van der Waals surface area contributed by atoms with Crippen LogP contribution < -0.4 is 5.73 Å². The Bertz CT molecular complexity index is 456. The van der Waals surface area contributed by atoms with Crippen LogP contribution in [0.4, 0.5) is 0 Å². The number of carbonyl (C=O) groups excluding carboxylic acids is 1. The van der Waals surface area contributed by atoms with Gasteiger partial charge in [0.15, 0.2) is 0 Å². The summed E-state index contributed by atoms with van der Waals surface area (Å²) in [5.74, 6) is 0.231. The van der Waals surface area contributed by atoms with E-state index in [1.54, 1.807) is 6.07 Å². The number of aromatic nitrogens is 1. The molecule has 1 aromatic heterocycles. The van der Waals surface area contributed by atoms with E-state index in [2.05, 4.69) is 4.98 Å². The topological polar surface area (TPSA) is 85.4 Å². The van der Waals surface area contributed by atoms with Crippen molar-refractivity contribution in [3.05, 3.63) is 29.6 Å². The van der Waals surface area contributed by atoms with Gasteiger partial charge in [-0.3, -0.25) is 9.78 Å². The largest absolute Gasteiger partial charge is 0.469 e. The van der Waals surface area contributed by atoms with E-state index in [1.807, 2.05) is 12.1 Å². The molecule has 3 N–H and O–H groups in total. The molecule has 0 saturated heterocycles. The van der Waals surface area contributed by atoms with Crippen molar-refractivity contribution in [1.82, 2.24) is 4.98 Å². The lowest BCUT2D eigenvalue weighted by atomic mass is 9.78. The number of rotatable bonds is 4. The maximum atomic E-state index is 11.5. The molecule has 1 saturated carbocycles. The Balaban J connectivity index is 1.97. The number of ether oxygens (including phenoxy) is 1. The van der Waals surface area contributed by atoms with Crippen molar-refractivity contribution >= 4 is 5.97 Å². The van der Waals surface area contributed by atoms with Crippen LogP contribution in [0.1, 0.15) is 43.1 Å². The Morgan fingerprint density at radius 3 is 2.75 bits per heavy atom. The van der Waals surface area contributed by atoms with E-state index < -0.39 is 0 Å². The lowest BCUT2D eigenvalue weighted by Gasteiger charge is -2.30. The number of nitrogens with zero attached hydrogens (tertiary/aromatic N) is 1. The van der Waals surface area contributed by atoms with Gasteiger partial charge in [-0.05, 0) is 43.7 Å². The number of nitrogens with two attached hydrogens (primary N) is 1. The second-order valence-electron chi connectivity index (χ2n) is 5.37. The second-order valence-corrected chi connectivity index (χ2v) is 5.37. The van der Waals surface area contributed by atoms with E-state index in [-0.39, 0.29) is 24.5 Å². The Kier molecular flexibility index (Phi) is 5.09. The molecule has 5 heteroatoms. The second kappa shape index (κ2) is 6.81. The zero-order chi connectivity index (χ0) is 14.5. The third kappa shape index (κ3) is 3.35. The van der Waals surface area contributed by atoms with Gasteiger partial charge in [0.1, 0.15) is 0 Å². The summed E-state index contributed by atoms with van der Waals surface area (Å²) in [6.45, 7) is -0.0738. The Labute approximate surface area is 119 Å². The summed E-state index contributed by atoms with van der Waals surface area (Å²) < 4.78 is 4.79. The molecule has 1 fully saturated rings. The third-order valence-electron chi connectivity index (χ3n) is 4.15. The fourth-order valence-electron chi connectivity index (χ4n) is 2.89. The molecular weight excluding hydrogens is 256 g/mol. The fourth-order valence-corrected chi connectivity index (χ4v) is 2.89. The SMILES string of the molecule is COC(=O)C1CCC([C@@H](N)c2cccc(CO)n2)CC1. The highest BCUT2D eigenvalue weighted by molar-refractivity contribution is 5.72. The Morgan fingerprint density at radius 1 is 1.45 bits per heavy atom. The summed E-state index contributed by atoms with van der Waals surface area (Å²) in [6.07, 6.45) is 3.47. The predicted octanol–water partition coefficient (Wildman–Crippen LogP) is 1.55. The molecule has 1 atom stereocenters. The highest BCUT2D eigenvalue weighted by Gasteiger charge is 2.30. The van der Waals surface area contributed by atoms with Crippen molar-refractivity contribution in [2.24, 2.45) is 17.6 Å². The summed E-state index contributed by atoms with van der Waals surface area (Å²) in [5, 5.41) is 9.12. The highest BCUT2D eigenvalue weighted by atomic mass is 16.5. The van der Waals surface area contributed by atoms with Gasteiger partial charge in [-0.1, -0.05) is 6.07 Å².